The average Bonchev–Trinajstić information content (AvgIpc) is 3.71. The van der Waals surface area contributed by atoms with E-state index in [9.17, 15) is 30.8 Å². The van der Waals surface area contributed by atoms with Crippen molar-refractivity contribution in [2.45, 2.75) is 43.6 Å². The molecule has 0 aliphatic heterocycles. The minimum absolute atomic E-state index is 0.0573. The summed E-state index contributed by atoms with van der Waals surface area (Å²) in [5.41, 5.74) is 1.69. The lowest BCUT2D eigenvalue weighted by atomic mass is 10.1. The van der Waals surface area contributed by atoms with E-state index in [2.05, 4.69) is 15.0 Å². The molecule has 202 valence electrons. The highest BCUT2D eigenvalue weighted by Gasteiger charge is 2.44. The number of sulfonamides is 1. The van der Waals surface area contributed by atoms with Gasteiger partial charge in [-0.1, -0.05) is 6.92 Å². The van der Waals surface area contributed by atoms with Crippen LogP contribution in [0.2, 0.25) is 0 Å². The largest absolute Gasteiger partial charge is 0.573 e. The van der Waals surface area contributed by atoms with Crippen molar-refractivity contribution in [2.24, 2.45) is 5.92 Å². The predicted molar refractivity (Wildman–Crippen MR) is 131 cm³/mol. The van der Waals surface area contributed by atoms with E-state index in [1.807, 2.05) is 0 Å². The maximum Gasteiger partial charge on any atom is 0.573 e. The van der Waals surface area contributed by atoms with Gasteiger partial charge in [0, 0.05) is 24.8 Å². The van der Waals surface area contributed by atoms with Gasteiger partial charge >= 0.3 is 6.36 Å². The molecular weight excluding hydrogens is 526 g/mol. The summed E-state index contributed by atoms with van der Waals surface area (Å²) >= 11 is 0. The smallest absolute Gasteiger partial charge is 0.406 e. The van der Waals surface area contributed by atoms with Gasteiger partial charge in [-0.25, -0.2) is 12.8 Å². The van der Waals surface area contributed by atoms with Crippen molar-refractivity contribution in [1.82, 2.24) is 14.6 Å². The van der Waals surface area contributed by atoms with Crippen LogP contribution in [0.5, 0.6) is 5.75 Å². The lowest BCUT2D eigenvalue weighted by molar-refractivity contribution is -0.274. The topological polar surface area (TPSA) is 88.6 Å². The molecule has 0 spiro atoms. The van der Waals surface area contributed by atoms with Gasteiger partial charge < -0.3 is 10.1 Å². The number of alkyl halides is 3. The van der Waals surface area contributed by atoms with E-state index in [0.717, 1.165) is 16.4 Å². The van der Waals surface area contributed by atoms with Gasteiger partial charge in [0.05, 0.1) is 10.6 Å². The number of nitrogens with zero attached hydrogens (tertiary/aromatic N) is 2. The molecule has 7 nitrogen and oxygen atoms in total. The quantitative estimate of drug-likeness (QED) is 0.363. The number of pyridine rings is 1. The molecule has 1 saturated carbocycles. The number of nitrogens with one attached hydrogen (secondary N) is 1. The summed E-state index contributed by atoms with van der Waals surface area (Å²) in [4.78, 5) is 17.4. The zero-order chi connectivity index (χ0) is 27.5. The monoisotopic (exact) mass is 551 g/mol. The summed E-state index contributed by atoms with van der Waals surface area (Å²) in [6.45, 7) is 1.78. The Morgan fingerprint density at radius 2 is 1.76 bits per heavy atom. The normalized spacial score (nSPS) is 14.8. The molecule has 0 radical (unpaired) electrons. The van der Waals surface area contributed by atoms with E-state index in [-0.39, 0.29) is 29.7 Å². The molecule has 38 heavy (non-hydrogen) atoms. The Kier molecular flexibility index (Phi) is 8.02. The minimum Gasteiger partial charge on any atom is -0.406 e. The molecule has 1 atom stereocenters. The van der Waals surface area contributed by atoms with Gasteiger partial charge in [0.25, 0.3) is 0 Å². The number of hydrogen-bond acceptors (Lipinski definition) is 5. The van der Waals surface area contributed by atoms with E-state index in [4.69, 9.17) is 0 Å². The Morgan fingerprint density at radius 1 is 1.11 bits per heavy atom. The molecule has 2 aromatic carbocycles. The first-order valence-electron chi connectivity index (χ1n) is 11.8. The number of rotatable bonds is 10. The molecule has 1 aliphatic carbocycles. The maximum absolute atomic E-state index is 13.3. The number of hydrogen-bond donors (Lipinski definition) is 1. The predicted octanol–water partition coefficient (Wildman–Crippen LogP) is 4.89. The fourth-order valence-corrected chi connectivity index (χ4v) is 5.77. The van der Waals surface area contributed by atoms with Crippen LogP contribution in [0.4, 0.5) is 17.6 Å². The third-order valence-electron chi connectivity index (χ3n) is 6.05. The molecule has 1 fully saturated rings. The molecule has 4 rings (SSSR count). The minimum atomic E-state index is -4.79. The van der Waals surface area contributed by atoms with Crippen molar-refractivity contribution < 1.29 is 35.5 Å². The van der Waals surface area contributed by atoms with Crippen LogP contribution in [0.3, 0.4) is 0 Å². The van der Waals surface area contributed by atoms with Gasteiger partial charge in [-0.3, -0.25) is 9.78 Å². The second kappa shape index (κ2) is 11.1. The number of aromatic nitrogens is 1. The van der Waals surface area contributed by atoms with E-state index in [1.54, 1.807) is 19.1 Å². The van der Waals surface area contributed by atoms with Gasteiger partial charge in [0.15, 0.2) is 0 Å². The van der Waals surface area contributed by atoms with Crippen LogP contribution < -0.4 is 10.1 Å². The molecular formula is C26H25F4N3O4S. The van der Waals surface area contributed by atoms with Crippen molar-refractivity contribution in [3.8, 4) is 17.0 Å². The van der Waals surface area contributed by atoms with Gasteiger partial charge in [-0.15, -0.1) is 13.2 Å². The van der Waals surface area contributed by atoms with Crippen LogP contribution in [0.25, 0.3) is 11.3 Å². The highest BCUT2D eigenvalue weighted by molar-refractivity contribution is 7.89. The molecule has 1 N–H and O–H groups in total. The summed E-state index contributed by atoms with van der Waals surface area (Å²) in [6, 6.07) is 12.1. The summed E-state index contributed by atoms with van der Waals surface area (Å²) in [5, 5.41) is 2.80. The lowest BCUT2D eigenvalue weighted by Crippen LogP contribution is -2.50. The Bertz CT molecular complexity index is 1380. The molecule has 1 unspecified atom stereocenters. The van der Waals surface area contributed by atoms with Crippen LogP contribution in [-0.4, -0.2) is 42.6 Å². The van der Waals surface area contributed by atoms with Crippen LogP contribution in [0, 0.1) is 11.7 Å². The second-order valence-electron chi connectivity index (χ2n) is 8.78. The van der Waals surface area contributed by atoms with Crippen molar-refractivity contribution in [2.75, 3.05) is 6.54 Å². The summed E-state index contributed by atoms with van der Waals surface area (Å²) in [5.74, 6) is -1.50. The Hall–Kier alpha value is -3.51. The molecule has 3 aromatic rings. The van der Waals surface area contributed by atoms with Crippen LogP contribution in [0.15, 0.2) is 71.8 Å². The number of ether oxygens (including phenoxy) is 1. The SMILES string of the molecule is CCN(C(C(=O)NCc1ccnc(-c2ccc(OC(F)(F)F)cc2)c1)C1CC1)S(=O)(=O)c1ccc(F)cc1. The third-order valence-corrected chi connectivity index (χ3v) is 8.02. The third kappa shape index (κ3) is 6.67. The molecule has 1 amide bonds. The number of benzene rings is 2. The van der Waals surface area contributed by atoms with Crippen LogP contribution >= 0.6 is 0 Å². The van der Waals surface area contributed by atoms with Crippen molar-refractivity contribution in [3.05, 3.63) is 78.2 Å². The fraction of sp³-hybridized carbons (Fsp3) is 0.308. The number of likely N-dealkylation sites (N-methyl/N-ethyl adjacent to an activating group) is 1. The number of halogens is 4. The number of amides is 1. The van der Waals surface area contributed by atoms with E-state index < -0.39 is 34.2 Å². The zero-order valence-electron chi connectivity index (χ0n) is 20.3. The zero-order valence-corrected chi connectivity index (χ0v) is 21.1. The van der Waals surface area contributed by atoms with Gasteiger partial charge in [-0.05, 0) is 85.0 Å². The Labute approximate surface area is 217 Å². The summed E-state index contributed by atoms with van der Waals surface area (Å²) in [6.07, 6.45) is -1.86. The molecule has 1 aromatic heterocycles. The molecule has 1 aliphatic rings. The van der Waals surface area contributed by atoms with Crippen LogP contribution in [-0.2, 0) is 21.4 Å². The van der Waals surface area contributed by atoms with Crippen LogP contribution in [0.1, 0.15) is 25.3 Å². The van der Waals surface area contributed by atoms with Crippen molar-refractivity contribution in [3.63, 3.8) is 0 Å². The van der Waals surface area contributed by atoms with Gasteiger partial charge in [0.2, 0.25) is 15.9 Å². The van der Waals surface area contributed by atoms with E-state index in [0.29, 0.717) is 29.7 Å². The summed E-state index contributed by atoms with van der Waals surface area (Å²) in [7, 11) is -4.04. The Morgan fingerprint density at radius 3 is 2.34 bits per heavy atom. The Balaban J connectivity index is 1.47. The van der Waals surface area contributed by atoms with Gasteiger partial charge in [0.1, 0.15) is 17.6 Å². The second-order valence-corrected chi connectivity index (χ2v) is 10.7. The first-order valence-corrected chi connectivity index (χ1v) is 13.3. The highest BCUT2D eigenvalue weighted by atomic mass is 32.2. The molecule has 0 saturated heterocycles. The van der Waals surface area contributed by atoms with E-state index >= 15 is 0 Å². The number of carbonyl (C=O) groups is 1. The highest BCUT2D eigenvalue weighted by Crippen LogP contribution is 2.37. The van der Waals surface area contributed by atoms with E-state index in [1.165, 1.54) is 42.6 Å². The maximum atomic E-state index is 13.3. The average molecular weight is 552 g/mol. The summed E-state index contributed by atoms with van der Waals surface area (Å²) < 4.78 is 82.1. The van der Waals surface area contributed by atoms with Crippen molar-refractivity contribution >= 4 is 15.9 Å². The first kappa shape index (κ1) is 27.5. The standard InChI is InChI=1S/C26H25F4N3O4S/c1-2-33(38(35,36)22-11-7-20(27)8-12-22)24(19-3-4-19)25(34)32-16-17-13-14-31-23(15-17)18-5-9-21(10-6-18)37-26(28,29)30/h5-15,19,24H,2-4,16H2,1H3,(H,32,34). The molecule has 12 heteroatoms. The van der Waals surface area contributed by atoms with Gasteiger partial charge in [-0.2, -0.15) is 4.31 Å². The lowest BCUT2D eigenvalue weighted by Gasteiger charge is -2.29. The first-order chi connectivity index (χ1) is 18.0. The van der Waals surface area contributed by atoms with Crippen molar-refractivity contribution in [1.29, 1.82) is 0 Å². The number of carbonyl (C=O) groups excluding carboxylic acids is 1. The molecule has 0 bridgehead atoms. The fourth-order valence-electron chi connectivity index (χ4n) is 4.11. The molecule has 1 heterocycles.